The fourth-order valence-corrected chi connectivity index (χ4v) is 4.34. The zero-order chi connectivity index (χ0) is 20.5. The van der Waals surface area contributed by atoms with Crippen LogP contribution in [0.5, 0.6) is 11.5 Å². The van der Waals surface area contributed by atoms with Crippen LogP contribution in [-0.4, -0.2) is 45.7 Å². The third-order valence-electron chi connectivity index (χ3n) is 5.16. The van der Waals surface area contributed by atoms with Gasteiger partial charge in [-0.2, -0.15) is 0 Å². The topological polar surface area (TPSA) is 107 Å². The van der Waals surface area contributed by atoms with Crippen LogP contribution >= 0.6 is 11.8 Å². The van der Waals surface area contributed by atoms with E-state index in [4.69, 9.17) is 9.47 Å². The molecule has 3 aliphatic rings. The number of carbonyl (C=O) groups excluding carboxylic acids is 2. The highest BCUT2D eigenvalue weighted by Gasteiger charge is 2.36. The molecule has 2 heterocycles. The first-order chi connectivity index (χ1) is 14.7. The van der Waals surface area contributed by atoms with Gasteiger partial charge in [-0.05, 0) is 37.8 Å². The minimum Gasteiger partial charge on any atom is -0.486 e. The number of fused-ring (bicyclic) bond motifs is 1. The van der Waals surface area contributed by atoms with Gasteiger partial charge >= 0.3 is 6.03 Å². The predicted octanol–water partition coefficient (Wildman–Crippen LogP) is 3.09. The smallest absolute Gasteiger partial charge is 0.325 e. The lowest BCUT2D eigenvalue weighted by atomic mass is 10.2. The second kappa shape index (κ2) is 8.17. The quantitative estimate of drug-likeness (QED) is 0.651. The number of hydrogen-bond acceptors (Lipinski definition) is 7. The van der Waals surface area contributed by atoms with Gasteiger partial charge in [0.05, 0.1) is 0 Å². The van der Waals surface area contributed by atoms with Crippen molar-refractivity contribution >= 4 is 29.4 Å². The highest BCUT2D eigenvalue weighted by molar-refractivity contribution is 7.99. The average Bonchev–Trinajstić information content (AvgIpc) is 3.67. The molecule has 0 radical (unpaired) electrons. The van der Waals surface area contributed by atoms with Gasteiger partial charge < -0.3 is 19.4 Å². The molecule has 158 valence electrons. The van der Waals surface area contributed by atoms with Crippen LogP contribution in [0.3, 0.4) is 0 Å². The van der Waals surface area contributed by atoms with E-state index in [9.17, 15) is 9.59 Å². The summed E-state index contributed by atoms with van der Waals surface area (Å²) in [6.45, 7) is 0.973. The lowest BCUT2D eigenvalue weighted by molar-refractivity contribution is -0.119. The summed E-state index contributed by atoms with van der Waals surface area (Å²) in [6, 6.07) is 5.06. The molecule has 1 aromatic heterocycles. The van der Waals surface area contributed by atoms with Crippen LogP contribution in [0.25, 0.3) is 0 Å². The van der Waals surface area contributed by atoms with Crippen molar-refractivity contribution < 1.29 is 19.1 Å². The summed E-state index contributed by atoms with van der Waals surface area (Å²) in [4.78, 5) is 24.3. The SMILES string of the molecule is O=C(CCSc1nnc(C2CC2)n1C1CC1)NC(=O)Nc1ccc2c(c1)OCCO2. The molecule has 2 saturated carbocycles. The standard InChI is InChI=1S/C20H23N5O4S/c26-17(22-19(27)21-13-3-6-15-16(11-13)29-9-8-28-15)7-10-30-20-24-23-18(12-1-2-12)25(20)14-4-5-14/h3,6,11-12,14H,1-2,4-5,7-10H2,(H2,21,22,26,27). The molecule has 2 aromatic rings. The molecule has 2 N–H and O–H groups in total. The van der Waals surface area contributed by atoms with Gasteiger partial charge in [0.1, 0.15) is 19.0 Å². The Balaban J connectivity index is 1.10. The molecule has 0 atom stereocenters. The number of thioether (sulfide) groups is 1. The Bertz CT molecular complexity index is 970. The Morgan fingerprint density at radius 2 is 1.90 bits per heavy atom. The summed E-state index contributed by atoms with van der Waals surface area (Å²) in [5.41, 5.74) is 0.532. The minimum atomic E-state index is -0.571. The van der Waals surface area contributed by atoms with E-state index < -0.39 is 6.03 Å². The summed E-state index contributed by atoms with van der Waals surface area (Å²) >= 11 is 1.52. The zero-order valence-electron chi connectivity index (χ0n) is 16.4. The van der Waals surface area contributed by atoms with Gasteiger partial charge in [-0.1, -0.05) is 11.8 Å². The van der Waals surface area contributed by atoms with Gasteiger partial charge in [0.2, 0.25) is 5.91 Å². The van der Waals surface area contributed by atoms with Gasteiger partial charge in [0.15, 0.2) is 16.7 Å². The highest BCUT2D eigenvalue weighted by atomic mass is 32.2. The van der Waals surface area contributed by atoms with E-state index >= 15 is 0 Å². The Kier molecular flexibility index (Phi) is 5.24. The first-order valence-electron chi connectivity index (χ1n) is 10.3. The van der Waals surface area contributed by atoms with Crippen molar-refractivity contribution in [1.29, 1.82) is 0 Å². The maximum Gasteiger partial charge on any atom is 0.325 e. The van der Waals surface area contributed by atoms with Crippen LogP contribution in [0.2, 0.25) is 0 Å². The fourth-order valence-electron chi connectivity index (χ4n) is 3.39. The molecular formula is C20H23N5O4S. The number of hydrogen-bond donors (Lipinski definition) is 2. The van der Waals surface area contributed by atoms with Gasteiger partial charge in [0, 0.05) is 35.9 Å². The largest absolute Gasteiger partial charge is 0.486 e. The van der Waals surface area contributed by atoms with Gasteiger partial charge in [0.25, 0.3) is 0 Å². The number of rotatable bonds is 7. The van der Waals surface area contributed by atoms with Crippen molar-refractivity contribution in [3.63, 3.8) is 0 Å². The molecule has 0 spiro atoms. The van der Waals surface area contributed by atoms with Crippen molar-refractivity contribution in [3.05, 3.63) is 24.0 Å². The number of amides is 3. The summed E-state index contributed by atoms with van der Waals surface area (Å²) < 4.78 is 13.2. The van der Waals surface area contributed by atoms with E-state index in [1.165, 1.54) is 37.4 Å². The number of benzene rings is 1. The molecule has 0 unspecified atom stereocenters. The number of imide groups is 1. The fraction of sp³-hybridized carbons (Fsp3) is 0.500. The Morgan fingerprint density at radius 3 is 2.67 bits per heavy atom. The molecule has 10 heteroatoms. The molecule has 0 saturated heterocycles. The second-order valence-electron chi connectivity index (χ2n) is 7.68. The maximum atomic E-state index is 12.1. The summed E-state index contributed by atoms with van der Waals surface area (Å²) in [7, 11) is 0. The Morgan fingerprint density at radius 1 is 1.10 bits per heavy atom. The number of nitrogens with zero attached hydrogens (tertiary/aromatic N) is 3. The van der Waals surface area contributed by atoms with Crippen molar-refractivity contribution in [2.75, 3.05) is 24.3 Å². The molecule has 30 heavy (non-hydrogen) atoms. The lowest BCUT2D eigenvalue weighted by Crippen LogP contribution is -2.34. The number of anilines is 1. The second-order valence-corrected chi connectivity index (χ2v) is 8.74. The van der Waals surface area contributed by atoms with Crippen molar-refractivity contribution in [2.45, 2.75) is 49.2 Å². The van der Waals surface area contributed by atoms with Crippen LogP contribution in [-0.2, 0) is 4.79 Å². The van der Waals surface area contributed by atoms with Gasteiger partial charge in [-0.15, -0.1) is 10.2 Å². The number of aromatic nitrogens is 3. The number of carbonyl (C=O) groups is 2. The van der Waals surface area contributed by atoms with Gasteiger partial charge in [-0.3, -0.25) is 10.1 Å². The summed E-state index contributed by atoms with van der Waals surface area (Å²) in [5, 5.41) is 14.6. The lowest BCUT2D eigenvalue weighted by Gasteiger charge is -2.19. The Hall–Kier alpha value is -2.75. The van der Waals surface area contributed by atoms with Crippen molar-refractivity contribution in [2.24, 2.45) is 0 Å². The molecule has 1 aliphatic heterocycles. The zero-order valence-corrected chi connectivity index (χ0v) is 17.2. The molecular weight excluding hydrogens is 406 g/mol. The molecule has 5 rings (SSSR count). The molecule has 2 aliphatic carbocycles. The number of ether oxygens (including phenoxy) is 2. The van der Waals surface area contributed by atoms with Crippen molar-refractivity contribution in [3.8, 4) is 11.5 Å². The predicted molar refractivity (Wildman–Crippen MR) is 110 cm³/mol. The highest BCUT2D eigenvalue weighted by Crippen LogP contribution is 2.46. The van der Waals surface area contributed by atoms with Crippen molar-refractivity contribution in [1.82, 2.24) is 20.1 Å². The summed E-state index contributed by atoms with van der Waals surface area (Å²) in [6.07, 6.45) is 4.94. The third kappa shape index (κ3) is 4.38. The van der Waals surface area contributed by atoms with E-state index in [-0.39, 0.29) is 12.3 Å². The van der Waals surface area contributed by atoms with E-state index in [2.05, 4.69) is 25.4 Å². The Labute approximate surface area is 177 Å². The van der Waals surface area contributed by atoms with Crippen LogP contribution in [0, 0.1) is 0 Å². The van der Waals surface area contributed by atoms with E-state index in [0.29, 0.717) is 48.1 Å². The van der Waals surface area contributed by atoms with E-state index in [1.54, 1.807) is 18.2 Å². The monoisotopic (exact) mass is 429 g/mol. The van der Waals surface area contributed by atoms with Crippen LogP contribution < -0.4 is 20.1 Å². The number of nitrogens with one attached hydrogen (secondary N) is 2. The third-order valence-corrected chi connectivity index (χ3v) is 6.10. The van der Waals surface area contributed by atoms with Crippen LogP contribution in [0.1, 0.15) is 49.9 Å². The molecule has 1 aromatic carbocycles. The molecule has 2 fully saturated rings. The first-order valence-corrected chi connectivity index (χ1v) is 11.2. The molecule has 3 amide bonds. The van der Waals surface area contributed by atoms with Crippen LogP contribution in [0.15, 0.2) is 23.4 Å². The minimum absolute atomic E-state index is 0.218. The molecule has 9 nitrogen and oxygen atoms in total. The average molecular weight is 430 g/mol. The first kappa shape index (κ1) is 19.2. The van der Waals surface area contributed by atoms with Gasteiger partial charge in [-0.25, -0.2) is 4.79 Å². The normalized spacial score (nSPS) is 17.5. The van der Waals surface area contributed by atoms with Crippen LogP contribution in [0.4, 0.5) is 10.5 Å². The van der Waals surface area contributed by atoms with E-state index in [1.807, 2.05) is 0 Å². The molecule has 0 bridgehead atoms. The summed E-state index contributed by atoms with van der Waals surface area (Å²) in [5.74, 6) is 3.08. The number of urea groups is 1. The maximum absolute atomic E-state index is 12.1. The van der Waals surface area contributed by atoms with E-state index in [0.717, 1.165) is 11.0 Å².